The average Bonchev–Trinajstić information content (AvgIpc) is 2.63. The molecular weight excluding hydrogens is 374 g/mol. The number of esters is 2. The summed E-state index contributed by atoms with van der Waals surface area (Å²) in [4.78, 5) is 27.5. The average molecular weight is 398 g/mol. The van der Waals surface area contributed by atoms with Gasteiger partial charge < -0.3 is 14.2 Å². The topological polar surface area (TPSA) is 90.3 Å². The van der Waals surface area contributed by atoms with Crippen LogP contribution in [0.25, 0.3) is 5.70 Å². The molecule has 0 aliphatic carbocycles. The fourth-order valence-corrected chi connectivity index (χ4v) is 1.93. The predicted molar refractivity (Wildman–Crippen MR) is 102 cm³/mol. The molecule has 0 saturated carbocycles. The van der Waals surface area contributed by atoms with E-state index in [9.17, 15) is 9.59 Å². The van der Waals surface area contributed by atoms with Crippen LogP contribution >= 0.6 is 11.6 Å². The van der Waals surface area contributed by atoms with Crippen molar-refractivity contribution in [3.63, 3.8) is 0 Å². The number of nitrogens with zero attached hydrogens (tertiary/aromatic N) is 3. The number of hydrogen-bond donors (Lipinski definition) is 0. The summed E-state index contributed by atoms with van der Waals surface area (Å²) in [5.74, 6) is -0.857. The zero-order valence-corrected chi connectivity index (χ0v) is 16.9. The van der Waals surface area contributed by atoms with Gasteiger partial charge >= 0.3 is 11.9 Å². The first-order valence-electron chi connectivity index (χ1n) is 8.03. The van der Waals surface area contributed by atoms with Gasteiger partial charge in [0.05, 0.1) is 28.9 Å². The number of methoxy groups -OCH3 is 1. The quantitative estimate of drug-likeness (QED) is 0.288. The van der Waals surface area contributed by atoms with E-state index in [4.69, 9.17) is 21.1 Å². The van der Waals surface area contributed by atoms with Gasteiger partial charge in [0.25, 0.3) is 0 Å². The Balaban J connectivity index is 2.51. The summed E-state index contributed by atoms with van der Waals surface area (Å²) < 4.78 is 15.0. The second-order valence-electron chi connectivity index (χ2n) is 6.28. The molecule has 1 rings (SSSR count). The molecule has 0 unspecified atom stereocenters. The number of rotatable bonds is 8. The molecule has 0 fully saturated rings. The van der Waals surface area contributed by atoms with E-state index >= 15 is 0 Å². The Morgan fingerprint density at radius 1 is 1.33 bits per heavy atom. The SMILES string of the molecule is C=C(c1ccc(Cl)cn1)N(C)/N=C(\C)OCC(=O)OCC(C)(C)C(=O)OC. The molecule has 0 aliphatic heterocycles. The third kappa shape index (κ3) is 7.26. The van der Waals surface area contributed by atoms with Crippen LogP contribution in [0.15, 0.2) is 30.0 Å². The minimum absolute atomic E-state index is 0.114. The molecule has 0 bridgehead atoms. The monoisotopic (exact) mass is 397 g/mol. The molecule has 0 radical (unpaired) electrons. The van der Waals surface area contributed by atoms with Gasteiger partial charge in [0.1, 0.15) is 6.61 Å². The molecule has 1 aromatic rings. The number of halogens is 1. The number of hydrazone groups is 1. The standard InChI is InChI=1S/C18H24ClN3O5/c1-12(15-8-7-14(19)9-20-15)22(5)21-13(2)26-10-16(23)27-11-18(3,4)17(24)25-6/h7-9H,1,10-11H2,2-6H3/b21-13+. The molecule has 0 amide bonds. The van der Waals surface area contributed by atoms with Crippen LogP contribution < -0.4 is 0 Å². The van der Waals surface area contributed by atoms with Gasteiger partial charge in [0.2, 0.25) is 5.90 Å². The van der Waals surface area contributed by atoms with Gasteiger partial charge in [0.15, 0.2) is 6.61 Å². The summed E-state index contributed by atoms with van der Waals surface area (Å²) in [6.07, 6.45) is 1.51. The van der Waals surface area contributed by atoms with Crippen molar-refractivity contribution in [1.82, 2.24) is 9.99 Å². The van der Waals surface area contributed by atoms with Crippen molar-refractivity contribution >= 4 is 35.1 Å². The van der Waals surface area contributed by atoms with E-state index in [1.54, 1.807) is 40.0 Å². The smallest absolute Gasteiger partial charge is 0.344 e. The minimum Gasteiger partial charge on any atom is -0.469 e. The van der Waals surface area contributed by atoms with Crippen molar-refractivity contribution < 1.29 is 23.8 Å². The first kappa shape index (κ1) is 22.4. The maximum atomic E-state index is 11.8. The number of pyridine rings is 1. The fraction of sp³-hybridized carbons (Fsp3) is 0.444. The molecule has 0 N–H and O–H groups in total. The molecule has 0 atom stereocenters. The predicted octanol–water partition coefficient (Wildman–Crippen LogP) is 2.73. The second-order valence-corrected chi connectivity index (χ2v) is 6.71. The Kier molecular flexibility index (Phi) is 8.24. The van der Waals surface area contributed by atoms with Gasteiger partial charge in [-0.25, -0.2) is 4.79 Å². The second kappa shape index (κ2) is 9.91. The maximum Gasteiger partial charge on any atom is 0.344 e. The van der Waals surface area contributed by atoms with Crippen LogP contribution in [0.2, 0.25) is 5.02 Å². The van der Waals surface area contributed by atoms with E-state index in [-0.39, 0.29) is 19.1 Å². The van der Waals surface area contributed by atoms with Gasteiger partial charge in [-0.15, -0.1) is 5.10 Å². The highest BCUT2D eigenvalue weighted by Gasteiger charge is 2.30. The first-order chi connectivity index (χ1) is 12.6. The van der Waals surface area contributed by atoms with Crippen LogP contribution in [0.4, 0.5) is 0 Å². The summed E-state index contributed by atoms with van der Waals surface area (Å²) in [7, 11) is 2.95. The maximum absolute atomic E-state index is 11.8. The van der Waals surface area contributed by atoms with Gasteiger partial charge in [0, 0.05) is 20.2 Å². The van der Waals surface area contributed by atoms with E-state index in [0.29, 0.717) is 16.4 Å². The van der Waals surface area contributed by atoms with Crippen molar-refractivity contribution in [1.29, 1.82) is 0 Å². The first-order valence-corrected chi connectivity index (χ1v) is 8.41. The molecule has 9 heteroatoms. The highest BCUT2D eigenvalue weighted by atomic mass is 35.5. The van der Waals surface area contributed by atoms with Gasteiger partial charge in [-0.2, -0.15) is 0 Å². The third-order valence-corrected chi connectivity index (χ3v) is 3.66. The molecule has 148 valence electrons. The minimum atomic E-state index is -0.933. The Labute approximate surface area is 163 Å². The van der Waals surface area contributed by atoms with E-state index in [0.717, 1.165) is 0 Å². The highest BCUT2D eigenvalue weighted by Crippen LogP contribution is 2.18. The summed E-state index contributed by atoms with van der Waals surface area (Å²) in [5, 5.41) is 6.16. The van der Waals surface area contributed by atoms with Gasteiger partial charge in [-0.05, 0) is 26.0 Å². The van der Waals surface area contributed by atoms with Crippen molar-refractivity contribution in [2.75, 3.05) is 27.4 Å². The molecule has 0 aliphatic rings. The lowest BCUT2D eigenvalue weighted by atomic mass is 9.95. The number of carbonyl (C=O) groups excluding carboxylic acids is 2. The normalized spacial score (nSPS) is 11.6. The van der Waals surface area contributed by atoms with Crippen molar-refractivity contribution in [3.05, 3.63) is 35.6 Å². The zero-order valence-electron chi connectivity index (χ0n) is 16.1. The molecule has 1 aromatic heterocycles. The Morgan fingerprint density at radius 3 is 2.56 bits per heavy atom. The van der Waals surface area contributed by atoms with E-state index in [1.165, 1.54) is 18.3 Å². The molecule has 27 heavy (non-hydrogen) atoms. The van der Waals surface area contributed by atoms with Crippen LogP contribution in [0.5, 0.6) is 0 Å². The van der Waals surface area contributed by atoms with Crippen molar-refractivity contribution in [3.8, 4) is 0 Å². The lowest BCUT2D eigenvalue weighted by Gasteiger charge is -2.21. The number of ether oxygens (including phenoxy) is 3. The third-order valence-electron chi connectivity index (χ3n) is 3.44. The van der Waals surface area contributed by atoms with Crippen molar-refractivity contribution in [2.24, 2.45) is 10.5 Å². The van der Waals surface area contributed by atoms with E-state index in [1.807, 2.05) is 0 Å². The number of carbonyl (C=O) groups is 2. The summed E-state index contributed by atoms with van der Waals surface area (Å²) in [6, 6.07) is 3.41. The zero-order chi connectivity index (χ0) is 20.6. The molecule has 0 spiro atoms. The molecule has 8 nitrogen and oxygen atoms in total. The van der Waals surface area contributed by atoms with Crippen LogP contribution in [-0.4, -0.2) is 55.2 Å². The van der Waals surface area contributed by atoms with Gasteiger partial charge in [-0.1, -0.05) is 18.2 Å². The Morgan fingerprint density at radius 2 is 2.00 bits per heavy atom. The summed E-state index contributed by atoms with van der Waals surface area (Å²) in [6.45, 7) is 8.27. The van der Waals surface area contributed by atoms with Gasteiger partial charge in [-0.3, -0.25) is 14.8 Å². The molecular formula is C18H24ClN3O5. The lowest BCUT2D eigenvalue weighted by molar-refractivity contribution is -0.160. The Bertz CT molecular complexity index is 716. The Hall–Kier alpha value is -2.61. The van der Waals surface area contributed by atoms with E-state index < -0.39 is 17.4 Å². The molecule has 0 saturated heterocycles. The number of hydrogen-bond acceptors (Lipinski definition) is 8. The number of aromatic nitrogens is 1. The van der Waals surface area contributed by atoms with Crippen LogP contribution in [0, 0.1) is 5.41 Å². The molecule has 1 heterocycles. The van der Waals surface area contributed by atoms with Crippen LogP contribution in [-0.2, 0) is 23.8 Å². The van der Waals surface area contributed by atoms with E-state index in [2.05, 4.69) is 21.4 Å². The lowest BCUT2D eigenvalue weighted by Crippen LogP contribution is -2.32. The van der Waals surface area contributed by atoms with Crippen LogP contribution in [0.1, 0.15) is 26.5 Å². The van der Waals surface area contributed by atoms with Crippen LogP contribution in [0.3, 0.4) is 0 Å². The largest absolute Gasteiger partial charge is 0.469 e. The summed E-state index contributed by atoms with van der Waals surface area (Å²) in [5.41, 5.74) is 0.191. The van der Waals surface area contributed by atoms with Crippen molar-refractivity contribution in [2.45, 2.75) is 20.8 Å². The fourth-order valence-electron chi connectivity index (χ4n) is 1.81. The highest BCUT2D eigenvalue weighted by molar-refractivity contribution is 6.30. The molecule has 0 aromatic carbocycles. The summed E-state index contributed by atoms with van der Waals surface area (Å²) >= 11 is 5.81.